The third kappa shape index (κ3) is 11.0. The molecule has 2 aromatic rings. The van der Waals surface area contributed by atoms with Gasteiger partial charge in [0.1, 0.15) is 4.90 Å². The minimum atomic E-state index is -4.28. The summed E-state index contributed by atoms with van der Waals surface area (Å²) in [4.78, 5) is 0.152. The molecule has 0 fully saturated rings. The van der Waals surface area contributed by atoms with Crippen LogP contribution < -0.4 is 0 Å². The fourth-order valence-electron chi connectivity index (χ4n) is 4.74. The standard InChI is InChI=1S/C28H44O3S.Ca.2H/c1-3-5-7-9-11-13-15-19-24-23-25-20-17-18-22-27(25)28(32(29,30)31)26(24)21-16-14-12-10-8-6-4-2;;;/h17-18,20,22-23H,3-16,19,21H2,1-2H3,(H,29,30,31);;;/q;+2;2*-1. The monoisotopic (exact) mass is 502 g/mol. The molecule has 0 aromatic heterocycles. The van der Waals surface area contributed by atoms with Crippen molar-refractivity contribution in [2.75, 3.05) is 0 Å². The molecule has 0 aliphatic carbocycles. The van der Waals surface area contributed by atoms with E-state index >= 15 is 0 Å². The van der Waals surface area contributed by atoms with Crippen molar-refractivity contribution in [2.45, 2.75) is 121 Å². The Kier molecular flexibility index (Phi) is 16.2. The first-order valence-electron chi connectivity index (χ1n) is 13.0. The zero-order valence-corrected chi connectivity index (χ0v) is 24.1. The van der Waals surface area contributed by atoms with Crippen molar-refractivity contribution in [3.63, 3.8) is 0 Å². The van der Waals surface area contributed by atoms with Crippen molar-refractivity contribution < 1.29 is 15.8 Å². The second-order valence-corrected chi connectivity index (χ2v) is 10.6. The predicted octanol–water partition coefficient (Wildman–Crippen LogP) is 8.52. The van der Waals surface area contributed by atoms with Gasteiger partial charge >= 0.3 is 37.7 Å². The number of rotatable bonds is 17. The fraction of sp³-hybridized carbons (Fsp3) is 0.643. The molecule has 0 aliphatic heterocycles. The molecular formula is C28H46CaO3S. The first kappa shape index (κ1) is 30.9. The molecule has 0 heterocycles. The third-order valence-corrected chi connectivity index (χ3v) is 7.52. The zero-order chi connectivity index (χ0) is 23.2. The van der Waals surface area contributed by atoms with E-state index in [-0.39, 0.29) is 45.5 Å². The molecule has 0 atom stereocenters. The van der Waals surface area contributed by atoms with E-state index < -0.39 is 10.1 Å². The topological polar surface area (TPSA) is 54.4 Å². The quantitative estimate of drug-likeness (QED) is 0.134. The average Bonchev–Trinajstić information content (AvgIpc) is 2.76. The molecule has 184 valence electrons. The molecule has 3 nitrogen and oxygen atoms in total. The maximum absolute atomic E-state index is 12.5. The van der Waals surface area contributed by atoms with Gasteiger partial charge in [0.05, 0.1) is 0 Å². The van der Waals surface area contributed by atoms with E-state index in [4.69, 9.17) is 0 Å². The minimum Gasteiger partial charge on any atom is -1.00 e. The van der Waals surface area contributed by atoms with Gasteiger partial charge in [-0.15, -0.1) is 0 Å². The summed E-state index contributed by atoms with van der Waals surface area (Å²) < 4.78 is 35.1. The first-order valence-corrected chi connectivity index (χ1v) is 14.4. The summed E-state index contributed by atoms with van der Waals surface area (Å²) in [6.45, 7) is 4.46. The number of benzene rings is 2. The summed E-state index contributed by atoms with van der Waals surface area (Å²) in [6.07, 6.45) is 18.6. The van der Waals surface area contributed by atoms with Crippen LogP contribution in [-0.2, 0) is 23.0 Å². The van der Waals surface area contributed by atoms with Crippen molar-refractivity contribution in [1.29, 1.82) is 0 Å². The average molecular weight is 503 g/mol. The fourth-order valence-corrected chi connectivity index (χ4v) is 5.74. The van der Waals surface area contributed by atoms with Crippen LogP contribution in [-0.4, -0.2) is 50.7 Å². The SMILES string of the molecule is CCCCCCCCCc1cc2ccccc2c(S(=O)(=O)O)c1CCCCCCCCC.[Ca+2].[H-].[H-]. The van der Waals surface area contributed by atoms with Crippen LogP contribution in [0.15, 0.2) is 35.2 Å². The molecule has 0 aliphatic rings. The maximum Gasteiger partial charge on any atom is 2.00 e. The van der Waals surface area contributed by atoms with Gasteiger partial charge in [0.25, 0.3) is 10.1 Å². The van der Waals surface area contributed by atoms with Crippen LogP contribution in [0.4, 0.5) is 0 Å². The van der Waals surface area contributed by atoms with Crippen LogP contribution in [0.1, 0.15) is 118 Å². The van der Waals surface area contributed by atoms with Crippen LogP contribution in [0.25, 0.3) is 10.8 Å². The summed E-state index contributed by atoms with van der Waals surface area (Å²) in [6, 6.07) is 9.73. The molecule has 0 spiro atoms. The summed E-state index contributed by atoms with van der Waals surface area (Å²) in [5.74, 6) is 0. The summed E-state index contributed by atoms with van der Waals surface area (Å²) in [7, 11) is -4.28. The Morgan fingerprint density at radius 1 is 0.727 bits per heavy atom. The van der Waals surface area contributed by atoms with Gasteiger partial charge < -0.3 is 2.85 Å². The molecule has 5 heteroatoms. The van der Waals surface area contributed by atoms with Crippen molar-refractivity contribution in [3.8, 4) is 0 Å². The molecule has 2 rings (SSSR count). The Morgan fingerprint density at radius 3 is 1.76 bits per heavy atom. The second-order valence-electron chi connectivity index (χ2n) is 9.28. The van der Waals surface area contributed by atoms with Crippen LogP contribution in [0.3, 0.4) is 0 Å². The molecule has 1 N–H and O–H groups in total. The van der Waals surface area contributed by atoms with Crippen molar-refractivity contribution >= 4 is 58.6 Å². The van der Waals surface area contributed by atoms with Crippen LogP contribution in [0.2, 0.25) is 0 Å². The molecule has 0 unspecified atom stereocenters. The number of hydrogen-bond donors (Lipinski definition) is 1. The largest absolute Gasteiger partial charge is 2.00 e. The van der Waals surface area contributed by atoms with Crippen molar-refractivity contribution in [2.24, 2.45) is 0 Å². The first-order chi connectivity index (χ1) is 15.5. The Hall–Kier alpha value is -0.130. The molecule has 33 heavy (non-hydrogen) atoms. The summed E-state index contributed by atoms with van der Waals surface area (Å²) >= 11 is 0. The van der Waals surface area contributed by atoms with Gasteiger partial charge in [-0.25, -0.2) is 0 Å². The number of aryl methyl sites for hydroxylation is 1. The van der Waals surface area contributed by atoms with Gasteiger partial charge in [-0.2, -0.15) is 8.42 Å². The van der Waals surface area contributed by atoms with Gasteiger partial charge in [0.2, 0.25) is 0 Å². The van der Waals surface area contributed by atoms with Gasteiger partial charge in [-0.3, -0.25) is 4.55 Å². The van der Waals surface area contributed by atoms with Crippen LogP contribution >= 0.6 is 0 Å². The van der Waals surface area contributed by atoms with E-state index in [0.717, 1.165) is 48.6 Å². The molecule has 0 saturated heterocycles. The Balaban J connectivity index is 0. The van der Waals surface area contributed by atoms with E-state index in [1.54, 1.807) is 0 Å². The van der Waals surface area contributed by atoms with Crippen molar-refractivity contribution in [3.05, 3.63) is 41.5 Å². The molecule has 0 radical (unpaired) electrons. The van der Waals surface area contributed by atoms with Gasteiger partial charge in [-0.05, 0) is 42.2 Å². The van der Waals surface area contributed by atoms with E-state index in [0.29, 0.717) is 5.39 Å². The van der Waals surface area contributed by atoms with E-state index in [2.05, 4.69) is 19.9 Å². The Labute approximate surface area is 235 Å². The Morgan fingerprint density at radius 2 is 1.21 bits per heavy atom. The molecule has 2 aromatic carbocycles. The Bertz CT molecular complexity index is 920. The number of unbranched alkanes of at least 4 members (excludes halogenated alkanes) is 12. The summed E-state index contributed by atoms with van der Waals surface area (Å²) in [5.41, 5.74) is 1.96. The second kappa shape index (κ2) is 17.3. The van der Waals surface area contributed by atoms with E-state index in [1.807, 2.05) is 24.3 Å². The molecule has 0 saturated carbocycles. The van der Waals surface area contributed by atoms with Crippen molar-refractivity contribution in [1.82, 2.24) is 0 Å². The number of fused-ring (bicyclic) bond motifs is 1. The van der Waals surface area contributed by atoms with Crippen LogP contribution in [0.5, 0.6) is 0 Å². The zero-order valence-electron chi connectivity index (χ0n) is 23.1. The number of hydrogen-bond acceptors (Lipinski definition) is 2. The smallest absolute Gasteiger partial charge is 1.00 e. The van der Waals surface area contributed by atoms with E-state index in [1.165, 1.54) is 70.6 Å². The third-order valence-electron chi connectivity index (χ3n) is 6.53. The molecule has 0 bridgehead atoms. The molecule has 0 amide bonds. The van der Waals surface area contributed by atoms with Crippen LogP contribution in [0, 0.1) is 0 Å². The maximum atomic E-state index is 12.5. The van der Waals surface area contributed by atoms with E-state index in [9.17, 15) is 13.0 Å². The van der Waals surface area contributed by atoms with Gasteiger partial charge in [0, 0.05) is 5.39 Å². The predicted molar refractivity (Wildman–Crippen MR) is 145 cm³/mol. The van der Waals surface area contributed by atoms with Gasteiger partial charge in [0.15, 0.2) is 0 Å². The normalized spacial score (nSPS) is 11.6. The minimum absolute atomic E-state index is 0. The molecular weight excluding hydrogens is 456 g/mol. The summed E-state index contributed by atoms with van der Waals surface area (Å²) in [5, 5.41) is 1.55. The van der Waals surface area contributed by atoms with Gasteiger partial charge in [-0.1, -0.05) is 121 Å².